The van der Waals surface area contributed by atoms with E-state index in [-0.39, 0.29) is 11.9 Å². The van der Waals surface area contributed by atoms with Crippen LogP contribution in [0, 0.1) is 5.92 Å². The van der Waals surface area contributed by atoms with Crippen molar-refractivity contribution in [3.63, 3.8) is 0 Å². The van der Waals surface area contributed by atoms with Gasteiger partial charge in [0, 0.05) is 0 Å². The summed E-state index contributed by atoms with van der Waals surface area (Å²) in [6, 6.07) is 0. The number of aromatic amines is 1. The largest absolute Gasteiger partial charge is 0.466 e. The number of nitrogens with one attached hydrogen (secondary N) is 1. The van der Waals surface area contributed by atoms with Gasteiger partial charge in [0.2, 0.25) is 0 Å². The first-order valence-electron chi connectivity index (χ1n) is 5.80. The van der Waals surface area contributed by atoms with Gasteiger partial charge in [0.25, 0.3) is 0 Å². The van der Waals surface area contributed by atoms with Crippen LogP contribution in [0.1, 0.15) is 19.2 Å². The second-order valence-corrected chi connectivity index (χ2v) is 4.11. The molecule has 3 rings (SSSR count). The minimum absolute atomic E-state index is 0.0933. The van der Waals surface area contributed by atoms with Crippen molar-refractivity contribution in [1.29, 1.82) is 0 Å². The van der Waals surface area contributed by atoms with Crippen LogP contribution in [0.5, 0.6) is 0 Å². The molecule has 0 saturated heterocycles. The lowest BCUT2D eigenvalue weighted by Gasteiger charge is -1.96. The number of nitrogens with zero attached hydrogens (tertiary/aromatic N) is 3. The first-order chi connectivity index (χ1) is 8.78. The Kier molecular flexibility index (Phi) is 2.55. The molecule has 0 aromatic carbocycles. The minimum Gasteiger partial charge on any atom is -0.466 e. The predicted molar refractivity (Wildman–Crippen MR) is 64.4 cm³/mol. The molecule has 2 aromatic heterocycles. The highest BCUT2D eigenvalue weighted by atomic mass is 16.5. The van der Waals surface area contributed by atoms with E-state index in [1.165, 1.54) is 6.33 Å². The zero-order chi connectivity index (χ0) is 12.5. The lowest BCUT2D eigenvalue weighted by atomic mass is 10.3. The Morgan fingerprint density at radius 2 is 2.56 bits per heavy atom. The van der Waals surface area contributed by atoms with Gasteiger partial charge < -0.3 is 9.72 Å². The number of carbonyl (C=O) groups is 1. The van der Waals surface area contributed by atoms with Crippen molar-refractivity contribution < 1.29 is 9.53 Å². The van der Waals surface area contributed by atoms with E-state index in [2.05, 4.69) is 19.9 Å². The number of H-pyrrole nitrogens is 1. The van der Waals surface area contributed by atoms with Gasteiger partial charge in [0.05, 0.1) is 18.7 Å². The summed E-state index contributed by atoms with van der Waals surface area (Å²) in [5, 5.41) is 0. The summed E-state index contributed by atoms with van der Waals surface area (Å²) in [6.45, 7) is 2.23. The maximum Gasteiger partial charge on any atom is 0.313 e. The molecule has 1 atom stereocenters. The Morgan fingerprint density at radius 3 is 3.33 bits per heavy atom. The van der Waals surface area contributed by atoms with Gasteiger partial charge in [-0.3, -0.25) is 4.79 Å². The molecule has 0 amide bonds. The molecule has 18 heavy (non-hydrogen) atoms. The fourth-order valence-electron chi connectivity index (χ4n) is 1.84. The fraction of sp³-hybridized carbons (Fsp3) is 0.333. The summed E-state index contributed by atoms with van der Waals surface area (Å²) >= 11 is 0. The molecule has 1 fully saturated rings. The van der Waals surface area contributed by atoms with Crippen LogP contribution in [0.4, 0.5) is 0 Å². The minimum atomic E-state index is -0.153. The normalized spacial score (nSPS) is 20.3. The molecule has 1 unspecified atom stereocenters. The fourth-order valence-corrected chi connectivity index (χ4v) is 1.84. The van der Waals surface area contributed by atoms with Crippen LogP contribution < -0.4 is 0 Å². The van der Waals surface area contributed by atoms with Gasteiger partial charge in [-0.15, -0.1) is 0 Å². The van der Waals surface area contributed by atoms with Gasteiger partial charge in [0.1, 0.15) is 17.7 Å². The number of ether oxygens (including phenoxy) is 1. The van der Waals surface area contributed by atoms with E-state index in [4.69, 9.17) is 4.74 Å². The molecule has 92 valence electrons. The molecule has 1 aliphatic carbocycles. The van der Waals surface area contributed by atoms with E-state index in [1.54, 1.807) is 6.20 Å². The van der Waals surface area contributed by atoms with Crippen LogP contribution in [-0.4, -0.2) is 32.5 Å². The SMILES string of the molecule is CCOC(=O)C1CC1=Cc1nc2ncncc2[nH]1. The monoisotopic (exact) mass is 244 g/mol. The number of imidazole rings is 1. The number of hydrogen-bond acceptors (Lipinski definition) is 5. The Morgan fingerprint density at radius 1 is 1.67 bits per heavy atom. The molecule has 6 heteroatoms. The highest BCUT2D eigenvalue weighted by Gasteiger charge is 2.38. The third-order valence-corrected chi connectivity index (χ3v) is 2.80. The van der Waals surface area contributed by atoms with Crippen molar-refractivity contribution in [1.82, 2.24) is 19.9 Å². The molecule has 1 saturated carbocycles. The highest BCUT2D eigenvalue weighted by molar-refractivity contribution is 5.84. The Bertz CT molecular complexity index is 599. The van der Waals surface area contributed by atoms with E-state index >= 15 is 0 Å². The maximum absolute atomic E-state index is 11.5. The standard InChI is InChI=1S/C12H12N4O2/c1-2-18-12(17)8-3-7(8)4-10-15-9-5-13-6-14-11(9)16-10/h4-6,8H,2-3H2,1H3,(H,13,14,15,16). The molecule has 0 aliphatic heterocycles. The molecule has 1 N–H and O–H groups in total. The third-order valence-electron chi connectivity index (χ3n) is 2.80. The van der Waals surface area contributed by atoms with Crippen molar-refractivity contribution in [2.45, 2.75) is 13.3 Å². The summed E-state index contributed by atoms with van der Waals surface area (Å²) in [5.41, 5.74) is 2.46. The molecule has 0 bridgehead atoms. The lowest BCUT2D eigenvalue weighted by molar-refractivity contribution is -0.144. The van der Waals surface area contributed by atoms with Gasteiger partial charge in [-0.05, 0) is 19.4 Å². The highest BCUT2D eigenvalue weighted by Crippen LogP contribution is 2.39. The van der Waals surface area contributed by atoms with Crippen LogP contribution >= 0.6 is 0 Å². The van der Waals surface area contributed by atoms with Gasteiger partial charge >= 0.3 is 5.97 Å². The Balaban J connectivity index is 1.79. The van der Waals surface area contributed by atoms with E-state index in [9.17, 15) is 4.79 Å². The van der Waals surface area contributed by atoms with Crippen LogP contribution in [0.15, 0.2) is 18.1 Å². The van der Waals surface area contributed by atoms with Crippen LogP contribution in [-0.2, 0) is 9.53 Å². The Hall–Kier alpha value is -2.24. The molecule has 6 nitrogen and oxygen atoms in total. The van der Waals surface area contributed by atoms with Crippen molar-refractivity contribution >= 4 is 23.2 Å². The van der Waals surface area contributed by atoms with Gasteiger partial charge in [-0.25, -0.2) is 15.0 Å². The van der Waals surface area contributed by atoms with Crippen molar-refractivity contribution in [2.24, 2.45) is 5.92 Å². The van der Waals surface area contributed by atoms with Crippen molar-refractivity contribution in [3.8, 4) is 0 Å². The first kappa shape index (κ1) is 10.9. The molecular weight excluding hydrogens is 232 g/mol. The zero-order valence-electron chi connectivity index (χ0n) is 9.88. The van der Waals surface area contributed by atoms with E-state index < -0.39 is 0 Å². The van der Waals surface area contributed by atoms with E-state index in [0.717, 1.165) is 17.5 Å². The smallest absolute Gasteiger partial charge is 0.313 e. The average Bonchev–Trinajstić information content (AvgIpc) is 3.00. The maximum atomic E-state index is 11.5. The molecular formula is C12H12N4O2. The molecule has 2 heterocycles. The van der Waals surface area contributed by atoms with E-state index in [1.807, 2.05) is 13.0 Å². The molecule has 0 radical (unpaired) electrons. The number of hydrogen-bond donors (Lipinski definition) is 1. The van der Waals surface area contributed by atoms with Crippen LogP contribution in [0.2, 0.25) is 0 Å². The summed E-state index contributed by atoms with van der Waals surface area (Å²) in [4.78, 5) is 26.8. The molecule has 0 spiro atoms. The number of carbonyl (C=O) groups excluding carboxylic acids is 1. The van der Waals surface area contributed by atoms with Crippen LogP contribution in [0.3, 0.4) is 0 Å². The predicted octanol–water partition coefficient (Wildman–Crippen LogP) is 1.32. The summed E-state index contributed by atoms with van der Waals surface area (Å²) < 4.78 is 4.96. The number of aromatic nitrogens is 4. The molecule has 1 aliphatic rings. The molecule has 2 aromatic rings. The van der Waals surface area contributed by atoms with Crippen molar-refractivity contribution in [2.75, 3.05) is 6.61 Å². The van der Waals surface area contributed by atoms with Crippen molar-refractivity contribution in [3.05, 3.63) is 23.9 Å². The second kappa shape index (κ2) is 4.21. The number of fused-ring (bicyclic) bond motifs is 1. The zero-order valence-corrected chi connectivity index (χ0v) is 9.88. The average molecular weight is 244 g/mol. The van der Waals surface area contributed by atoms with Gasteiger partial charge in [-0.2, -0.15) is 0 Å². The lowest BCUT2D eigenvalue weighted by Crippen LogP contribution is -2.05. The van der Waals surface area contributed by atoms with Gasteiger partial charge in [0.15, 0.2) is 5.65 Å². The Labute approximate surface area is 103 Å². The van der Waals surface area contributed by atoms with Gasteiger partial charge in [-0.1, -0.05) is 5.57 Å². The quantitative estimate of drug-likeness (QED) is 0.823. The van der Waals surface area contributed by atoms with E-state index in [0.29, 0.717) is 18.1 Å². The first-order valence-corrected chi connectivity index (χ1v) is 5.80. The summed E-state index contributed by atoms with van der Waals surface area (Å²) in [5.74, 6) is 0.455. The van der Waals surface area contributed by atoms with Crippen LogP contribution in [0.25, 0.3) is 17.2 Å². The summed E-state index contributed by atoms with van der Waals surface area (Å²) in [7, 11) is 0. The third kappa shape index (κ3) is 1.97. The topological polar surface area (TPSA) is 80.8 Å². The number of esters is 1. The second-order valence-electron chi connectivity index (χ2n) is 4.11. The number of rotatable bonds is 3. The summed E-state index contributed by atoms with van der Waals surface area (Å²) in [6.07, 6.45) is 5.76.